The fourth-order valence-corrected chi connectivity index (χ4v) is 5.78. The molecule has 1 saturated heterocycles. The summed E-state index contributed by atoms with van der Waals surface area (Å²) in [5.74, 6) is 0.409. The van der Waals surface area contributed by atoms with Crippen molar-refractivity contribution in [3.05, 3.63) is 71.0 Å². The van der Waals surface area contributed by atoms with Crippen molar-refractivity contribution in [2.75, 3.05) is 37.7 Å². The van der Waals surface area contributed by atoms with Crippen LogP contribution in [0.4, 0.5) is 9.52 Å². The van der Waals surface area contributed by atoms with E-state index in [0.717, 1.165) is 28.6 Å². The van der Waals surface area contributed by atoms with Crippen LogP contribution in [0.2, 0.25) is 0 Å². The smallest absolute Gasteiger partial charge is 0.243 e. The molecule has 164 valence electrons. The minimum atomic E-state index is -3.61. The summed E-state index contributed by atoms with van der Waals surface area (Å²) in [6, 6.07) is 13.0. The minimum Gasteiger partial charge on any atom is -0.494 e. The first-order valence-electron chi connectivity index (χ1n) is 10.1. The Labute approximate surface area is 186 Å². The number of thiazole rings is 1. The highest BCUT2D eigenvalue weighted by molar-refractivity contribution is 7.89. The van der Waals surface area contributed by atoms with E-state index in [9.17, 15) is 12.8 Å². The van der Waals surface area contributed by atoms with E-state index in [4.69, 9.17) is 9.72 Å². The fraction of sp³-hybridized carbons (Fsp3) is 0.318. The number of halogens is 1. The van der Waals surface area contributed by atoms with E-state index in [1.165, 1.54) is 28.6 Å². The van der Waals surface area contributed by atoms with Gasteiger partial charge in [0.05, 0.1) is 17.2 Å². The largest absolute Gasteiger partial charge is 0.494 e. The zero-order valence-corrected chi connectivity index (χ0v) is 18.8. The molecule has 0 N–H and O–H groups in total. The highest BCUT2D eigenvalue weighted by Gasteiger charge is 2.29. The Morgan fingerprint density at radius 2 is 1.71 bits per heavy atom. The maximum Gasteiger partial charge on any atom is 0.243 e. The van der Waals surface area contributed by atoms with Crippen molar-refractivity contribution in [2.24, 2.45) is 0 Å². The summed E-state index contributed by atoms with van der Waals surface area (Å²) in [5, 5.41) is 2.95. The molecule has 1 fully saturated rings. The van der Waals surface area contributed by atoms with Crippen molar-refractivity contribution in [1.29, 1.82) is 0 Å². The normalized spacial score (nSPS) is 15.2. The summed E-state index contributed by atoms with van der Waals surface area (Å²) in [6.45, 7) is 4.48. The Balaban J connectivity index is 1.36. The molecule has 3 aromatic rings. The standard InChI is InChI=1S/C22H24FN3O3S2/c1-2-29-20-7-3-17(4-8-20)15-19-16-30-22(24-19)25-11-13-26(14-12-25)31(27,28)21-9-5-18(23)6-10-21/h3-10,16H,2,11-15H2,1H3. The van der Waals surface area contributed by atoms with Gasteiger partial charge in [0.2, 0.25) is 10.0 Å². The van der Waals surface area contributed by atoms with Gasteiger partial charge in [0, 0.05) is 38.0 Å². The lowest BCUT2D eigenvalue weighted by Gasteiger charge is -2.33. The number of rotatable bonds is 7. The van der Waals surface area contributed by atoms with E-state index in [-0.39, 0.29) is 4.90 Å². The molecular weight excluding hydrogens is 437 g/mol. The summed E-state index contributed by atoms with van der Waals surface area (Å²) < 4.78 is 45.6. The van der Waals surface area contributed by atoms with E-state index < -0.39 is 15.8 Å². The number of nitrogens with zero attached hydrogens (tertiary/aromatic N) is 3. The van der Waals surface area contributed by atoms with Crippen LogP contribution in [-0.2, 0) is 16.4 Å². The van der Waals surface area contributed by atoms with Gasteiger partial charge in [-0.05, 0) is 48.9 Å². The maximum atomic E-state index is 13.1. The third-order valence-electron chi connectivity index (χ3n) is 5.12. The molecule has 2 heterocycles. The second kappa shape index (κ2) is 9.33. The number of ether oxygens (including phenoxy) is 1. The van der Waals surface area contributed by atoms with Crippen molar-refractivity contribution in [3.63, 3.8) is 0 Å². The quantitative estimate of drug-likeness (QED) is 0.536. The van der Waals surface area contributed by atoms with Gasteiger partial charge in [0.15, 0.2) is 5.13 Å². The zero-order chi connectivity index (χ0) is 21.8. The molecule has 4 rings (SSSR count). The van der Waals surface area contributed by atoms with Crippen LogP contribution in [0, 0.1) is 5.82 Å². The van der Waals surface area contributed by atoms with Crippen LogP contribution < -0.4 is 9.64 Å². The first kappa shape index (κ1) is 21.7. The molecule has 0 radical (unpaired) electrons. The SMILES string of the molecule is CCOc1ccc(Cc2csc(N3CCN(S(=O)(=O)c4ccc(F)cc4)CC3)n2)cc1. The molecule has 0 bridgehead atoms. The summed E-state index contributed by atoms with van der Waals surface area (Å²) in [5.41, 5.74) is 2.15. The van der Waals surface area contributed by atoms with Gasteiger partial charge in [0.1, 0.15) is 11.6 Å². The lowest BCUT2D eigenvalue weighted by molar-refractivity contribution is 0.340. The molecular formula is C22H24FN3O3S2. The molecule has 1 aromatic heterocycles. The molecule has 2 aromatic carbocycles. The van der Waals surface area contributed by atoms with Gasteiger partial charge >= 0.3 is 0 Å². The van der Waals surface area contributed by atoms with Crippen LogP contribution in [0.3, 0.4) is 0 Å². The number of aromatic nitrogens is 1. The number of hydrogen-bond acceptors (Lipinski definition) is 6. The lowest BCUT2D eigenvalue weighted by atomic mass is 10.1. The molecule has 9 heteroatoms. The van der Waals surface area contributed by atoms with E-state index in [0.29, 0.717) is 32.8 Å². The number of hydrogen-bond donors (Lipinski definition) is 0. The van der Waals surface area contributed by atoms with Crippen molar-refractivity contribution in [1.82, 2.24) is 9.29 Å². The Kier molecular flexibility index (Phi) is 6.54. The second-order valence-electron chi connectivity index (χ2n) is 7.22. The molecule has 0 atom stereocenters. The first-order valence-corrected chi connectivity index (χ1v) is 12.4. The van der Waals surface area contributed by atoms with Gasteiger partial charge in [-0.3, -0.25) is 0 Å². The molecule has 1 aliphatic rings. The highest BCUT2D eigenvalue weighted by Crippen LogP contribution is 2.25. The number of benzene rings is 2. The zero-order valence-electron chi connectivity index (χ0n) is 17.2. The highest BCUT2D eigenvalue weighted by atomic mass is 32.2. The monoisotopic (exact) mass is 461 g/mol. The van der Waals surface area contributed by atoms with Crippen molar-refractivity contribution >= 4 is 26.5 Å². The Bertz CT molecular complexity index is 1110. The summed E-state index contributed by atoms with van der Waals surface area (Å²) in [4.78, 5) is 6.98. The van der Waals surface area contributed by atoms with Gasteiger partial charge in [-0.25, -0.2) is 17.8 Å². The second-order valence-corrected chi connectivity index (χ2v) is 9.99. The molecule has 0 saturated carbocycles. The average Bonchev–Trinajstić information content (AvgIpc) is 3.24. The molecule has 1 aliphatic heterocycles. The lowest BCUT2D eigenvalue weighted by Crippen LogP contribution is -2.48. The Morgan fingerprint density at radius 1 is 1.03 bits per heavy atom. The first-order chi connectivity index (χ1) is 15.0. The van der Waals surface area contributed by atoms with Crippen molar-refractivity contribution < 1.29 is 17.5 Å². The van der Waals surface area contributed by atoms with Gasteiger partial charge in [-0.2, -0.15) is 4.31 Å². The third-order valence-corrected chi connectivity index (χ3v) is 7.98. The van der Waals surface area contributed by atoms with Crippen LogP contribution in [0.1, 0.15) is 18.2 Å². The third kappa shape index (κ3) is 5.06. The number of anilines is 1. The molecule has 0 unspecified atom stereocenters. The number of piperazine rings is 1. The molecule has 6 nitrogen and oxygen atoms in total. The van der Waals surface area contributed by atoms with Crippen molar-refractivity contribution in [3.8, 4) is 5.75 Å². The topological polar surface area (TPSA) is 62.7 Å². The van der Waals surface area contributed by atoms with Crippen LogP contribution >= 0.6 is 11.3 Å². The van der Waals surface area contributed by atoms with E-state index in [1.807, 2.05) is 36.6 Å². The average molecular weight is 462 g/mol. The van der Waals surface area contributed by atoms with E-state index >= 15 is 0 Å². The van der Waals surface area contributed by atoms with Gasteiger partial charge < -0.3 is 9.64 Å². The maximum absolute atomic E-state index is 13.1. The molecule has 0 spiro atoms. The van der Waals surface area contributed by atoms with E-state index in [1.54, 1.807) is 11.3 Å². The molecule has 0 amide bonds. The summed E-state index contributed by atoms with van der Waals surface area (Å²) >= 11 is 1.57. The predicted octanol–water partition coefficient (Wildman–Crippen LogP) is 3.78. The van der Waals surface area contributed by atoms with E-state index in [2.05, 4.69) is 4.90 Å². The molecule has 0 aliphatic carbocycles. The van der Waals surface area contributed by atoms with Crippen LogP contribution in [0.25, 0.3) is 0 Å². The summed E-state index contributed by atoms with van der Waals surface area (Å²) in [6.07, 6.45) is 0.738. The Morgan fingerprint density at radius 3 is 2.35 bits per heavy atom. The predicted molar refractivity (Wildman–Crippen MR) is 120 cm³/mol. The van der Waals surface area contributed by atoms with Gasteiger partial charge in [0.25, 0.3) is 0 Å². The van der Waals surface area contributed by atoms with Gasteiger partial charge in [-0.1, -0.05) is 12.1 Å². The fourth-order valence-electron chi connectivity index (χ4n) is 3.48. The molecule has 31 heavy (non-hydrogen) atoms. The minimum absolute atomic E-state index is 0.120. The Hall–Kier alpha value is -2.49. The van der Waals surface area contributed by atoms with Crippen LogP contribution in [0.5, 0.6) is 5.75 Å². The van der Waals surface area contributed by atoms with Gasteiger partial charge in [-0.15, -0.1) is 11.3 Å². The van der Waals surface area contributed by atoms with Crippen LogP contribution in [-0.4, -0.2) is 50.5 Å². The summed E-state index contributed by atoms with van der Waals surface area (Å²) in [7, 11) is -3.61. The van der Waals surface area contributed by atoms with Crippen molar-refractivity contribution in [2.45, 2.75) is 18.2 Å². The number of sulfonamides is 1. The van der Waals surface area contributed by atoms with Crippen LogP contribution in [0.15, 0.2) is 58.8 Å².